The minimum Gasteiger partial charge on any atom is -0.399 e. The van der Waals surface area contributed by atoms with Gasteiger partial charge in [-0.2, -0.15) is 4.72 Å². The number of carbonyl (C=O) groups excluding carboxylic acids is 1. The minimum absolute atomic E-state index is 0.121. The minimum atomic E-state index is -4.16. The fourth-order valence-corrected chi connectivity index (χ4v) is 3.02. The lowest BCUT2D eigenvalue weighted by Gasteiger charge is -2.15. The van der Waals surface area contributed by atoms with Gasteiger partial charge in [-0.05, 0) is 38.5 Å². The Labute approximate surface area is 117 Å². The van der Waals surface area contributed by atoms with Gasteiger partial charge >= 0.3 is 0 Å². The van der Waals surface area contributed by atoms with Gasteiger partial charge in [-0.25, -0.2) is 12.8 Å². The second-order valence-electron chi connectivity index (χ2n) is 4.39. The van der Waals surface area contributed by atoms with Crippen molar-refractivity contribution in [3.8, 4) is 0 Å². The molecule has 1 atom stereocenters. The van der Waals surface area contributed by atoms with E-state index in [1.807, 2.05) is 0 Å². The van der Waals surface area contributed by atoms with Crippen LogP contribution < -0.4 is 15.8 Å². The third kappa shape index (κ3) is 3.67. The molecule has 0 aliphatic rings. The van der Waals surface area contributed by atoms with Gasteiger partial charge in [-0.15, -0.1) is 0 Å². The molecule has 112 valence electrons. The average Bonchev–Trinajstić information content (AvgIpc) is 2.33. The summed E-state index contributed by atoms with van der Waals surface area (Å²) in [7, 11) is -4.16. The van der Waals surface area contributed by atoms with E-state index in [0.717, 1.165) is 6.07 Å². The molecule has 0 aliphatic heterocycles. The summed E-state index contributed by atoms with van der Waals surface area (Å²) in [5, 5.41) is 2.47. The molecule has 0 saturated heterocycles. The van der Waals surface area contributed by atoms with Gasteiger partial charge in [-0.1, -0.05) is 0 Å². The molecule has 4 N–H and O–H groups in total. The molecule has 1 unspecified atom stereocenters. The molecule has 0 aliphatic carbocycles. The van der Waals surface area contributed by atoms with Gasteiger partial charge in [0.1, 0.15) is 10.7 Å². The molecule has 0 aromatic heterocycles. The Kier molecular flexibility index (Phi) is 5.07. The van der Waals surface area contributed by atoms with Crippen molar-refractivity contribution in [2.45, 2.75) is 31.7 Å². The maximum Gasteiger partial charge on any atom is 0.244 e. The van der Waals surface area contributed by atoms with E-state index in [-0.39, 0.29) is 11.3 Å². The number of carbonyl (C=O) groups is 1. The van der Waals surface area contributed by atoms with Gasteiger partial charge in [-0.3, -0.25) is 4.79 Å². The van der Waals surface area contributed by atoms with Crippen molar-refractivity contribution in [3.63, 3.8) is 0 Å². The monoisotopic (exact) mass is 303 g/mol. The van der Waals surface area contributed by atoms with Crippen LogP contribution in [-0.4, -0.2) is 26.9 Å². The second-order valence-corrected chi connectivity index (χ2v) is 6.07. The SMILES string of the molecule is CCNC(=O)C(C)NS(=O)(=O)c1cc(N)cc(C)c1F. The summed E-state index contributed by atoms with van der Waals surface area (Å²) in [6, 6.07) is 1.34. The Balaban J connectivity index is 3.09. The molecule has 0 radical (unpaired) electrons. The molecule has 6 nitrogen and oxygen atoms in total. The molecule has 8 heteroatoms. The summed E-state index contributed by atoms with van der Waals surface area (Å²) in [4.78, 5) is 11.0. The first-order valence-corrected chi connectivity index (χ1v) is 7.53. The maximum atomic E-state index is 13.9. The van der Waals surface area contributed by atoms with Crippen molar-refractivity contribution in [1.29, 1.82) is 0 Å². The van der Waals surface area contributed by atoms with Crippen LogP contribution in [0.15, 0.2) is 17.0 Å². The molecule has 0 fully saturated rings. The number of hydrogen-bond acceptors (Lipinski definition) is 4. The van der Waals surface area contributed by atoms with Gasteiger partial charge in [0.05, 0.1) is 6.04 Å². The summed E-state index contributed by atoms with van der Waals surface area (Å²) in [6.45, 7) is 4.87. The van der Waals surface area contributed by atoms with Crippen molar-refractivity contribution in [2.24, 2.45) is 0 Å². The topological polar surface area (TPSA) is 101 Å². The third-order valence-electron chi connectivity index (χ3n) is 2.61. The highest BCUT2D eigenvalue weighted by Gasteiger charge is 2.25. The Morgan fingerprint density at radius 3 is 2.60 bits per heavy atom. The lowest BCUT2D eigenvalue weighted by Crippen LogP contribution is -2.44. The van der Waals surface area contributed by atoms with E-state index in [1.54, 1.807) is 6.92 Å². The van der Waals surface area contributed by atoms with Crippen LogP contribution in [0.1, 0.15) is 19.4 Å². The first kappa shape index (κ1) is 16.4. The van der Waals surface area contributed by atoms with E-state index in [2.05, 4.69) is 10.0 Å². The summed E-state index contributed by atoms with van der Waals surface area (Å²) in [5.41, 5.74) is 5.78. The standard InChI is InChI=1S/C12H18FN3O3S/c1-4-15-12(17)8(3)16-20(18,19)10-6-9(14)5-7(2)11(10)13/h5-6,8,16H,4,14H2,1-3H3,(H,15,17). The number of aryl methyl sites for hydroxylation is 1. The van der Waals surface area contributed by atoms with Crippen molar-refractivity contribution in [2.75, 3.05) is 12.3 Å². The third-order valence-corrected chi connectivity index (χ3v) is 4.15. The van der Waals surface area contributed by atoms with E-state index in [4.69, 9.17) is 5.73 Å². The van der Waals surface area contributed by atoms with Crippen LogP contribution in [0, 0.1) is 12.7 Å². The first-order valence-electron chi connectivity index (χ1n) is 6.04. The normalized spacial score (nSPS) is 13.0. The summed E-state index contributed by atoms with van der Waals surface area (Å²) in [6.07, 6.45) is 0. The van der Waals surface area contributed by atoms with Crippen molar-refractivity contribution in [1.82, 2.24) is 10.0 Å². The lowest BCUT2D eigenvalue weighted by molar-refractivity contribution is -0.122. The smallest absolute Gasteiger partial charge is 0.244 e. The molecule has 0 bridgehead atoms. The summed E-state index contributed by atoms with van der Waals surface area (Å²) in [5.74, 6) is -1.37. The zero-order valence-corrected chi connectivity index (χ0v) is 12.3. The molecule has 1 rings (SSSR count). The number of rotatable bonds is 5. The van der Waals surface area contributed by atoms with Gasteiger partial charge in [0.15, 0.2) is 0 Å². The predicted octanol–water partition coefficient (Wildman–Crippen LogP) is 0.519. The van der Waals surface area contributed by atoms with E-state index in [0.29, 0.717) is 6.54 Å². The van der Waals surface area contributed by atoms with Crippen molar-refractivity contribution < 1.29 is 17.6 Å². The van der Waals surface area contributed by atoms with E-state index in [9.17, 15) is 17.6 Å². The van der Waals surface area contributed by atoms with Crippen molar-refractivity contribution >= 4 is 21.6 Å². The van der Waals surface area contributed by atoms with Crippen LogP contribution >= 0.6 is 0 Å². The second kappa shape index (κ2) is 6.19. The number of likely N-dealkylation sites (N-methyl/N-ethyl adjacent to an activating group) is 1. The Bertz CT molecular complexity index is 617. The fraction of sp³-hybridized carbons (Fsp3) is 0.417. The molecule has 0 spiro atoms. The van der Waals surface area contributed by atoms with Crippen LogP contribution in [0.3, 0.4) is 0 Å². The zero-order chi connectivity index (χ0) is 15.5. The quantitative estimate of drug-likeness (QED) is 0.690. The Morgan fingerprint density at radius 2 is 2.05 bits per heavy atom. The lowest BCUT2D eigenvalue weighted by atomic mass is 10.2. The van der Waals surface area contributed by atoms with Crippen LogP contribution in [0.4, 0.5) is 10.1 Å². The van der Waals surface area contributed by atoms with Crippen LogP contribution in [0.5, 0.6) is 0 Å². The molecule has 1 aromatic rings. The summed E-state index contributed by atoms with van der Waals surface area (Å²) >= 11 is 0. The summed E-state index contributed by atoms with van der Waals surface area (Å²) < 4.78 is 40.2. The van der Waals surface area contributed by atoms with Crippen LogP contribution in [-0.2, 0) is 14.8 Å². The molecular weight excluding hydrogens is 285 g/mol. The molecule has 0 saturated carbocycles. The number of nitrogens with two attached hydrogens (primary N) is 1. The van der Waals surface area contributed by atoms with E-state index >= 15 is 0 Å². The highest BCUT2D eigenvalue weighted by atomic mass is 32.2. The highest BCUT2D eigenvalue weighted by Crippen LogP contribution is 2.21. The van der Waals surface area contributed by atoms with Gasteiger partial charge in [0.2, 0.25) is 15.9 Å². The van der Waals surface area contributed by atoms with Gasteiger partial charge in [0, 0.05) is 12.2 Å². The number of halogens is 1. The molecule has 1 aromatic carbocycles. The molecular formula is C12H18FN3O3S. The highest BCUT2D eigenvalue weighted by molar-refractivity contribution is 7.89. The Hall–Kier alpha value is -1.67. The number of hydrogen-bond donors (Lipinski definition) is 3. The van der Waals surface area contributed by atoms with Crippen molar-refractivity contribution in [3.05, 3.63) is 23.5 Å². The number of amides is 1. The average molecular weight is 303 g/mol. The molecule has 20 heavy (non-hydrogen) atoms. The van der Waals surface area contributed by atoms with Gasteiger partial charge < -0.3 is 11.1 Å². The van der Waals surface area contributed by atoms with Crippen LogP contribution in [0.25, 0.3) is 0 Å². The number of benzene rings is 1. The first-order chi connectivity index (χ1) is 9.19. The molecule has 0 heterocycles. The number of sulfonamides is 1. The van der Waals surface area contributed by atoms with E-state index < -0.39 is 32.7 Å². The number of anilines is 1. The van der Waals surface area contributed by atoms with E-state index in [1.165, 1.54) is 19.9 Å². The largest absolute Gasteiger partial charge is 0.399 e. The Morgan fingerprint density at radius 1 is 1.45 bits per heavy atom. The predicted molar refractivity (Wildman–Crippen MR) is 74.0 cm³/mol. The maximum absolute atomic E-state index is 13.9. The fourth-order valence-electron chi connectivity index (χ4n) is 1.64. The number of nitrogens with one attached hydrogen (secondary N) is 2. The molecule has 1 amide bonds. The zero-order valence-electron chi connectivity index (χ0n) is 11.5. The number of nitrogen functional groups attached to an aromatic ring is 1. The van der Waals surface area contributed by atoms with Crippen LogP contribution in [0.2, 0.25) is 0 Å². The van der Waals surface area contributed by atoms with Gasteiger partial charge in [0.25, 0.3) is 0 Å².